The van der Waals surface area contributed by atoms with Gasteiger partial charge >= 0.3 is 0 Å². The third-order valence-electron chi connectivity index (χ3n) is 1.26. The third kappa shape index (κ3) is 7.48. The molecule has 0 saturated carbocycles. The lowest BCUT2D eigenvalue weighted by molar-refractivity contribution is 0.866. The van der Waals surface area contributed by atoms with Gasteiger partial charge in [0, 0.05) is 0 Å². The van der Waals surface area contributed by atoms with Crippen molar-refractivity contribution in [2.24, 2.45) is 5.92 Å². The van der Waals surface area contributed by atoms with Gasteiger partial charge in [0.25, 0.3) is 0 Å². The Morgan fingerprint density at radius 2 is 1.80 bits per heavy atom. The number of hydrogen-bond donors (Lipinski definition) is 0. The van der Waals surface area contributed by atoms with Crippen LogP contribution in [0.15, 0.2) is 24.3 Å². The summed E-state index contributed by atoms with van der Waals surface area (Å²) in [6.07, 6.45) is 4.20. The van der Waals surface area contributed by atoms with Gasteiger partial charge in [0.05, 0.1) is 0 Å². The van der Waals surface area contributed by atoms with Crippen LogP contribution in [0.3, 0.4) is 0 Å². The standard InChI is InChI=1S/C8H14.C2H6/c1-5-6-8(4)7(2)3;1-2/h5-6,8H,2H2,1,3-4H3;1-2H3/b6-5-;. The smallest absolute Gasteiger partial charge is 0.00572 e. The minimum Gasteiger partial charge on any atom is -0.0996 e. The van der Waals surface area contributed by atoms with Crippen molar-refractivity contribution in [2.45, 2.75) is 34.6 Å². The van der Waals surface area contributed by atoms with Crippen LogP contribution in [0, 0.1) is 5.92 Å². The van der Waals surface area contributed by atoms with Gasteiger partial charge in [-0.2, -0.15) is 0 Å². The second-order valence-corrected chi connectivity index (χ2v) is 2.16. The van der Waals surface area contributed by atoms with Crippen LogP contribution in [0.25, 0.3) is 0 Å². The van der Waals surface area contributed by atoms with Gasteiger partial charge in [0.1, 0.15) is 0 Å². The molecule has 0 rings (SSSR count). The van der Waals surface area contributed by atoms with Crippen LogP contribution in [-0.2, 0) is 0 Å². The summed E-state index contributed by atoms with van der Waals surface area (Å²) in [5, 5.41) is 0. The van der Waals surface area contributed by atoms with Crippen molar-refractivity contribution < 1.29 is 0 Å². The first-order valence-corrected chi connectivity index (χ1v) is 3.96. The summed E-state index contributed by atoms with van der Waals surface area (Å²) in [6, 6.07) is 0. The lowest BCUT2D eigenvalue weighted by atomic mass is 10.0. The normalized spacial score (nSPS) is 12.1. The maximum absolute atomic E-state index is 3.82. The summed E-state index contributed by atoms with van der Waals surface area (Å²) in [5.41, 5.74) is 1.23. The Morgan fingerprint density at radius 3 is 1.90 bits per heavy atom. The third-order valence-corrected chi connectivity index (χ3v) is 1.26. The van der Waals surface area contributed by atoms with E-state index in [0.29, 0.717) is 5.92 Å². The maximum Gasteiger partial charge on any atom is -0.00572 e. The molecule has 0 aromatic rings. The first kappa shape index (κ1) is 12.2. The summed E-state index contributed by atoms with van der Waals surface area (Å²) >= 11 is 0. The molecule has 60 valence electrons. The van der Waals surface area contributed by atoms with Gasteiger partial charge in [0.15, 0.2) is 0 Å². The average Bonchev–Trinajstić information content (AvgIpc) is 1.93. The molecule has 10 heavy (non-hydrogen) atoms. The lowest BCUT2D eigenvalue weighted by Crippen LogP contribution is -1.87. The van der Waals surface area contributed by atoms with Gasteiger partial charge in [-0.25, -0.2) is 0 Å². The number of hydrogen-bond acceptors (Lipinski definition) is 0. The van der Waals surface area contributed by atoms with Gasteiger partial charge in [-0.05, 0) is 19.8 Å². The van der Waals surface area contributed by atoms with Gasteiger partial charge < -0.3 is 0 Å². The van der Waals surface area contributed by atoms with Gasteiger partial charge in [-0.3, -0.25) is 0 Å². The summed E-state index contributed by atoms with van der Waals surface area (Å²) in [4.78, 5) is 0. The molecule has 0 saturated heterocycles. The fourth-order valence-electron chi connectivity index (χ4n) is 0.453. The molecule has 0 aromatic heterocycles. The van der Waals surface area contributed by atoms with Crippen LogP contribution in [0.5, 0.6) is 0 Å². The molecule has 0 N–H and O–H groups in total. The zero-order chi connectivity index (χ0) is 8.57. The van der Waals surface area contributed by atoms with Crippen molar-refractivity contribution in [2.75, 3.05) is 0 Å². The number of allylic oxidation sites excluding steroid dienone is 3. The highest BCUT2D eigenvalue weighted by atomic mass is 14.0. The second-order valence-electron chi connectivity index (χ2n) is 2.16. The summed E-state index contributed by atoms with van der Waals surface area (Å²) in [6.45, 7) is 14.0. The van der Waals surface area contributed by atoms with Crippen molar-refractivity contribution in [3.63, 3.8) is 0 Å². The zero-order valence-electron chi connectivity index (χ0n) is 7.94. The van der Waals surface area contributed by atoms with Crippen LogP contribution in [-0.4, -0.2) is 0 Å². The summed E-state index contributed by atoms with van der Waals surface area (Å²) < 4.78 is 0. The molecule has 0 aliphatic carbocycles. The first-order chi connectivity index (χ1) is 4.68. The van der Waals surface area contributed by atoms with Crippen molar-refractivity contribution >= 4 is 0 Å². The molecule has 0 aliphatic rings. The molecule has 1 atom stereocenters. The Balaban J connectivity index is 0. The lowest BCUT2D eigenvalue weighted by Gasteiger charge is -2.01. The van der Waals surface area contributed by atoms with Crippen LogP contribution in [0.4, 0.5) is 0 Å². The highest BCUT2D eigenvalue weighted by Crippen LogP contribution is 2.06. The molecule has 0 bridgehead atoms. The minimum atomic E-state index is 0.542. The van der Waals surface area contributed by atoms with Crippen LogP contribution >= 0.6 is 0 Å². The number of rotatable bonds is 2. The molecule has 0 aliphatic heterocycles. The molecule has 0 amide bonds. The molecule has 0 aromatic carbocycles. The first-order valence-electron chi connectivity index (χ1n) is 3.96. The van der Waals surface area contributed by atoms with Crippen molar-refractivity contribution in [3.8, 4) is 0 Å². The minimum absolute atomic E-state index is 0.542. The Labute approximate surface area is 65.7 Å². The molecule has 0 nitrogen and oxygen atoms in total. The molecule has 0 fully saturated rings. The Kier molecular flexibility index (Phi) is 10.3. The van der Waals surface area contributed by atoms with Gasteiger partial charge in [-0.15, -0.1) is 0 Å². The van der Waals surface area contributed by atoms with E-state index in [0.717, 1.165) is 0 Å². The fourth-order valence-corrected chi connectivity index (χ4v) is 0.453. The quantitative estimate of drug-likeness (QED) is 0.512. The van der Waals surface area contributed by atoms with Crippen LogP contribution < -0.4 is 0 Å². The molecular weight excluding hydrogens is 120 g/mol. The van der Waals surface area contributed by atoms with E-state index in [2.05, 4.69) is 25.7 Å². The van der Waals surface area contributed by atoms with Gasteiger partial charge in [-0.1, -0.05) is 45.1 Å². The summed E-state index contributed by atoms with van der Waals surface area (Å²) in [5.74, 6) is 0.542. The molecular formula is C10H20. The Hall–Kier alpha value is -0.520. The zero-order valence-corrected chi connectivity index (χ0v) is 7.94. The fraction of sp³-hybridized carbons (Fsp3) is 0.600. The van der Waals surface area contributed by atoms with E-state index < -0.39 is 0 Å². The molecule has 0 radical (unpaired) electrons. The SMILES string of the molecule is C=C(C)C(C)/C=C\C.CC. The maximum atomic E-state index is 3.82. The average molecular weight is 140 g/mol. The van der Waals surface area contributed by atoms with Crippen LogP contribution in [0.2, 0.25) is 0 Å². The molecule has 0 heteroatoms. The van der Waals surface area contributed by atoms with E-state index in [1.54, 1.807) is 0 Å². The molecule has 0 spiro atoms. The van der Waals surface area contributed by atoms with Crippen LogP contribution in [0.1, 0.15) is 34.6 Å². The Bertz CT molecular complexity index is 98.6. The predicted molar refractivity (Wildman–Crippen MR) is 50.1 cm³/mol. The van der Waals surface area contributed by atoms with E-state index in [1.807, 2.05) is 27.7 Å². The van der Waals surface area contributed by atoms with E-state index in [-0.39, 0.29) is 0 Å². The molecule has 1 unspecified atom stereocenters. The summed E-state index contributed by atoms with van der Waals surface area (Å²) in [7, 11) is 0. The van der Waals surface area contributed by atoms with Crippen molar-refractivity contribution in [3.05, 3.63) is 24.3 Å². The highest BCUT2D eigenvalue weighted by molar-refractivity contribution is 5.03. The topological polar surface area (TPSA) is 0 Å². The monoisotopic (exact) mass is 140 g/mol. The van der Waals surface area contributed by atoms with Crippen molar-refractivity contribution in [1.29, 1.82) is 0 Å². The predicted octanol–water partition coefficient (Wildman–Crippen LogP) is 3.80. The second kappa shape index (κ2) is 8.48. The van der Waals surface area contributed by atoms with E-state index >= 15 is 0 Å². The van der Waals surface area contributed by atoms with E-state index in [9.17, 15) is 0 Å². The van der Waals surface area contributed by atoms with Gasteiger partial charge in [0.2, 0.25) is 0 Å². The highest BCUT2D eigenvalue weighted by Gasteiger charge is 1.92. The van der Waals surface area contributed by atoms with E-state index in [1.165, 1.54) is 5.57 Å². The largest absolute Gasteiger partial charge is 0.0996 e. The Morgan fingerprint density at radius 1 is 1.40 bits per heavy atom. The van der Waals surface area contributed by atoms with Crippen molar-refractivity contribution in [1.82, 2.24) is 0 Å². The van der Waals surface area contributed by atoms with E-state index in [4.69, 9.17) is 0 Å². The molecule has 0 heterocycles.